The number of unbranched alkanes of at least 4 members (excludes halogenated alkanes) is 4. The Balaban J connectivity index is 3.18. The standard InChI is InChI=1S/C12H25N/c1-4-6-7-8-9-11-13-12(3)10-5-2/h4-11H2,1-3H3. The van der Waals surface area contributed by atoms with Crippen LogP contribution in [0.2, 0.25) is 0 Å². The van der Waals surface area contributed by atoms with Crippen molar-refractivity contribution in [1.29, 1.82) is 0 Å². The van der Waals surface area contributed by atoms with E-state index in [1.807, 2.05) is 0 Å². The summed E-state index contributed by atoms with van der Waals surface area (Å²) in [5, 5.41) is 0. The van der Waals surface area contributed by atoms with Gasteiger partial charge in [0.15, 0.2) is 0 Å². The lowest BCUT2D eigenvalue weighted by Gasteiger charge is -1.99. The van der Waals surface area contributed by atoms with Gasteiger partial charge in [0.2, 0.25) is 0 Å². The third-order valence-corrected chi connectivity index (χ3v) is 2.26. The molecule has 0 saturated heterocycles. The van der Waals surface area contributed by atoms with Crippen LogP contribution in [0.4, 0.5) is 0 Å². The average Bonchev–Trinajstić information content (AvgIpc) is 2.11. The number of hydrogen-bond donors (Lipinski definition) is 0. The maximum atomic E-state index is 4.53. The molecule has 0 N–H and O–H groups in total. The van der Waals surface area contributed by atoms with Crippen LogP contribution in [0.25, 0.3) is 0 Å². The number of rotatable bonds is 8. The Morgan fingerprint density at radius 2 is 1.62 bits per heavy atom. The van der Waals surface area contributed by atoms with E-state index in [0.29, 0.717) is 0 Å². The van der Waals surface area contributed by atoms with Crippen molar-refractivity contribution in [3.63, 3.8) is 0 Å². The monoisotopic (exact) mass is 183 g/mol. The van der Waals surface area contributed by atoms with Gasteiger partial charge in [-0.3, -0.25) is 4.99 Å². The number of nitrogens with zero attached hydrogens (tertiary/aromatic N) is 1. The van der Waals surface area contributed by atoms with Crippen LogP contribution < -0.4 is 0 Å². The van der Waals surface area contributed by atoms with Crippen molar-refractivity contribution >= 4 is 5.71 Å². The first-order chi connectivity index (χ1) is 6.31. The zero-order valence-electron chi connectivity index (χ0n) is 9.60. The smallest absolute Gasteiger partial charge is 0.0388 e. The van der Waals surface area contributed by atoms with Crippen molar-refractivity contribution in [3.8, 4) is 0 Å². The Bertz CT molecular complexity index is 127. The Labute approximate surface area is 83.6 Å². The van der Waals surface area contributed by atoms with E-state index in [0.717, 1.165) is 6.54 Å². The lowest BCUT2D eigenvalue weighted by molar-refractivity contribution is 0.638. The summed E-state index contributed by atoms with van der Waals surface area (Å²) in [5.41, 5.74) is 1.33. The summed E-state index contributed by atoms with van der Waals surface area (Å²) in [5.74, 6) is 0. The molecular formula is C12H25N. The van der Waals surface area contributed by atoms with Gasteiger partial charge in [-0.1, -0.05) is 46.0 Å². The molecule has 0 aromatic rings. The minimum Gasteiger partial charge on any atom is -0.294 e. The molecule has 0 aliphatic heterocycles. The van der Waals surface area contributed by atoms with Crippen molar-refractivity contribution in [2.45, 2.75) is 65.7 Å². The second kappa shape index (κ2) is 9.76. The molecular weight excluding hydrogens is 158 g/mol. The van der Waals surface area contributed by atoms with E-state index < -0.39 is 0 Å². The summed E-state index contributed by atoms with van der Waals surface area (Å²) in [7, 11) is 0. The minimum absolute atomic E-state index is 1.05. The van der Waals surface area contributed by atoms with E-state index in [4.69, 9.17) is 0 Å². The summed E-state index contributed by atoms with van der Waals surface area (Å²) in [4.78, 5) is 4.53. The molecule has 1 heteroatoms. The fourth-order valence-corrected chi connectivity index (χ4v) is 1.43. The molecule has 0 aromatic heterocycles. The van der Waals surface area contributed by atoms with E-state index in [1.54, 1.807) is 0 Å². The maximum absolute atomic E-state index is 4.53. The quantitative estimate of drug-likeness (QED) is 0.395. The van der Waals surface area contributed by atoms with Crippen LogP contribution in [0.5, 0.6) is 0 Å². The predicted octanol–water partition coefficient (Wildman–Crippen LogP) is 4.22. The molecule has 0 fully saturated rings. The van der Waals surface area contributed by atoms with Crippen LogP contribution >= 0.6 is 0 Å². The Hall–Kier alpha value is -0.330. The minimum atomic E-state index is 1.05. The fourth-order valence-electron chi connectivity index (χ4n) is 1.43. The van der Waals surface area contributed by atoms with Gasteiger partial charge in [-0.15, -0.1) is 0 Å². The SMILES string of the molecule is CCCCCCCN=C(C)CCC. The highest BCUT2D eigenvalue weighted by Crippen LogP contribution is 2.02. The average molecular weight is 183 g/mol. The zero-order chi connectivity index (χ0) is 9.94. The molecule has 1 nitrogen and oxygen atoms in total. The van der Waals surface area contributed by atoms with Crippen LogP contribution in [0.15, 0.2) is 4.99 Å². The second-order valence-electron chi connectivity index (χ2n) is 3.78. The van der Waals surface area contributed by atoms with Gasteiger partial charge < -0.3 is 0 Å². The van der Waals surface area contributed by atoms with Crippen molar-refractivity contribution in [3.05, 3.63) is 0 Å². The molecule has 0 amide bonds. The molecule has 0 atom stereocenters. The predicted molar refractivity (Wildman–Crippen MR) is 61.6 cm³/mol. The summed E-state index contributed by atoms with van der Waals surface area (Å²) in [6.07, 6.45) is 9.15. The molecule has 0 radical (unpaired) electrons. The first-order valence-electron chi connectivity index (χ1n) is 5.81. The Kier molecular flexibility index (Phi) is 9.51. The van der Waals surface area contributed by atoms with E-state index in [1.165, 1.54) is 50.7 Å². The van der Waals surface area contributed by atoms with Crippen molar-refractivity contribution in [2.75, 3.05) is 6.54 Å². The first kappa shape index (κ1) is 12.7. The molecule has 0 rings (SSSR count). The summed E-state index contributed by atoms with van der Waals surface area (Å²) < 4.78 is 0. The third kappa shape index (κ3) is 9.59. The lowest BCUT2D eigenvalue weighted by atomic mass is 10.1. The zero-order valence-corrected chi connectivity index (χ0v) is 9.60. The topological polar surface area (TPSA) is 12.4 Å². The van der Waals surface area contributed by atoms with Gasteiger partial charge in [0.05, 0.1) is 0 Å². The molecule has 0 heterocycles. The van der Waals surface area contributed by atoms with Gasteiger partial charge in [0.1, 0.15) is 0 Å². The van der Waals surface area contributed by atoms with Gasteiger partial charge in [-0.05, 0) is 19.8 Å². The maximum Gasteiger partial charge on any atom is 0.0388 e. The highest BCUT2D eigenvalue weighted by atomic mass is 14.7. The van der Waals surface area contributed by atoms with Gasteiger partial charge in [0, 0.05) is 12.3 Å². The van der Waals surface area contributed by atoms with E-state index in [2.05, 4.69) is 25.8 Å². The van der Waals surface area contributed by atoms with Crippen LogP contribution in [0.3, 0.4) is 0 Å². The van der Waals surface area contributed by atoms with Crippen LogP contribution in [-0.4, -0.2) is 12.3 Å². The normalized spacial score (nSPS) is 12.1. The Morgan fingerprint density at radius 1 is 0.923 bits per heavy atom. The number of hydrogen-bond acceptors (Lipinski definition) is 1. The summed E-state index contributed by atoms with van der Waals surface area (Å²) in [6, 6.07) is 0. The van der Waals surface area contributed by atoms with Gasteiger partial charge in [-0.2, -0.15) is 0 Å². The van der Waals surface area contributed by atoms with Crippen molar-refractivity contribution < 1.29 is 0 Å². The summed E-state index contributed by atoms with van der Waals surface area (Å²) in [6.45, 7) is 7.66. The number of aliphatic imine (C=N–C) groups is 1. The van der Waals surface area contributed by atoms with E-state index >= 15 is 0 Å². The molecule has 0 spiro atoms. The fraction of sp³-hybridized carbons (Fsp3) is 0.917. The van der Waals surface area contributed by atoms with Gasteiger partial charge in [-0.25, -0.2) is 0 Å². The lowest BCUT2D eigenvalue weighted by Crippen LogP contribution is -1.92. The highest BCUT2D eigenvalue weighted by Gasteiger charge is 1.89. The Morgan fingerprint density at radius 3 is 2.23 bits per heavy atom. The molecule has 78 valence electrons. The van der Waals surface area contributed by atoms with Crippen molar-refractivity contribution in [2.24, 2.45) is 4.99 Å². The third-order valence-electron chi connectivity index (χ3n) is 2.26. The van der Waals surface area contributed by atoms with Gasteiger partial charge >= 0.3 is 0 Å². The summed E-state index contributed by atoms with van der Waals surface area (Å²) >= 11 is 0. The van der Waals surface area contributed by atoms with Crippen LogP contribution in [-0.2, 0) is 0 Å². The van der Waals surface area contributed by atoms with Crippen LogP contribution in [0.1, 0.15) is 65.7 Å². The largest absolute Gasteiger partial charge is 0.294 e. The van der Waals surface area contributed by atoms with Crippen LogP contribution in [0, 0.1) is 0 Å². The first-order valence-corrected chi connectivity index (χ1v) is 5.81. The second-order valence-corrected chi connectivity index (χ2v) is 3.78. The molecule has 0 aromatic carbocycles. The molecule has 0 bridgehead atoms. The molecule has 13 heavy (non-hydrogen) atoms. The van der Waals surface area contributed by atoms with E-state index in [9.17, 15) is 0 Å². The van der Waals surface area contributed by atoms with Gasteiger partial charge in [0.25, 0.3) is 0 Å². The molecule has 0 aliphatic rings. The molecule has 0 aliphatic carbocycles. The highest BCUT2D eigenvalue weighted by molar-refractivity contribution is 5.81. The molecule has 0 unspecified atom stereocenters. The van der Waals surface area contributed by atoms with Crippen molar-refractivity contribution in [1.82, 2.24) is 0 Å². The van der Waals surface area contributed by atoms with E-state index in [-0.39, 0.29) is 0 Å². The molecule has 0 saturated carbocycles.